The van der Waals surface area contributed by atoms with Crippen molar-refractivity contribution in [2.45, 2.75) is 70.3 Å². The van der Waals surface area contributed by atoms with Gasteiger partial charge in [-0.15, -0.1) is 0 Å². The average molecular weight is 625 g/mol. The minimum Gasteiger partial charge on any atom is -0.508 e. The number of aliphatic carboxylic acids is 1. The molecule has 11 heteroatoms. The maximum atomic E-state index is 14.1. The highest BCUT2D eigenvalue weighted by Gasteiger charge is 2.51. The Labute approximate surface area is 262 Å². The SMILES string of the molecule is CC1CC=CN=C1N(C(=O)c1ccc(O)cc1N1CCC(COC2=CC(C(CC(=O)O)C3CC3)=CCN2)CC1)C1CC(F)(F)C1. The number of carbonyl (C=O) groups is 2. The highest BCUT2D eigenvalue weighted by atomic mass is 19.3. The van der Waals surface area contributed by atoms with Crippen molar-refractivity contribution in [2.24, 2.45) is 28.7 Å². The fourth-order valence-electron chi connectivity index (χ4n) is 6.96. The number of alkyl halides is 2. The van der Waals surface area contributed by atoms with Crippen LogP contribution in [0.1, 0.15) is 68.6 Å². The first kappa shape index (κ1) is 31.1. The molecule has 3 N–H and O–H groups in total. The Morgan fingerprint density at radius 3 is 2.62 bits per heavy atom. The lowest BCUT2D eigenvalue weighted by atomic mass is 9.85. The van der Waals surface area contributed by atoms with Gasteiger partial charge in [0.2, 0.25) is 0 Å². The molecular weight excluding hydrogens is 582 g/mol. The van der Waals surface area contributed by atoms with Gasteiger partial charge in [0.25, 0.3) is 11.8 Å². The molecule has 6 rings (SSSR count). The van der Waals surface area contributed by atoms with Crippen molar-refractivity contribution in [3.63, 3.8) is 0 Å². The van der Waals surface area contributed by atoms with E-state index in [0.717, 1.165) is 31.3 Å². The number of aliphatic imine (C=N–C) groups is 1. The summed E-state index contributed by atoms with van der Waals surface area (Å²) in [6.07, 6.45) is 11.3. The summed E-state index contributed by atoms with van der Waals surface area (Å²) >= 11 is 0. The van der Waals surface area contributed by atoms with Crippen LogP contribution in [0.2, 0.25) is 0 Å². The summed E-state index contributed by atoms with van der Waals surface area (Å²) in [7, 11) is 0. The predicted molar refractivity (Wildman–Crippen MR) is 166 cm³/mol. The monoisotopic (exact) mass is 624 g/mol. The second-order valence-corrected chi connectivity index (χ2v) is 13.2. The molecule has 5 aliphatic rings. The Balaban J connectivity index is 1.11. The molecule has 2 saturated carbocycles. The van der Waals surface area contributed by atoms with E-state index in [1.807, 2.05) is 19.1 Å². The normalized spacial score (nSPS) is 24.0. The van der Waals surface area contributed by atoms with Crippen molar-refractivity contribution in [3.8, 4) is 5.75 Å². The van der Waals surface area contributed by atoms with Crippen LogP contribution in [-0.4, -0.2) is 71.0 Å². The van der Waals surface area contributed by atoms with E-state index >= 15 is 0 Å². The topological polar surface area (TPSA) is 115 Å². The number of halogens is 2. The van der Waals surface area contributed by atoms with E-state index in [9.17, 15) is 28.6 Å². The number of allylic oxidation sites excluding steroid dienone is 3. The van der Waals surface area contributed by atoms with Gasteiger partial charge in [-0.05, 0) is 67.6 Å². The molecule has 2 unspecified atom stereocenters. The van der Waals surface area contributed by atoms with Crippen LogP contribution in [0.3, 0.4) is 0 Å². The number of nitrogens with one attached hydrogen (secondary N) is 1. The first-order chi connectivity index (χ1) is 21.6. The average Bonchev–Trinajstić information content (AvgIpc) is 3.85. The number of benzene rings is 1. The number of aromatic hydroxyl groups is 1. The highest BCUT2D eigenvalue weighted by molar-refractivity contribution is 6.10. The molecule has 2 atom stereocenters. The zero-order valence-electron chi connectivity index (χ0n) is 25.6. The highest BCUT2D eigenvalue weighted by Crippen LogP contribution is 2.44. The van der Waals surface area contributed by atoms with E-state index in [1.54, 1.807) is 18.3 Å². The minimum atomic E-state index is -2.79. The number of dihydropyridines is 1. The molecule has 45 heavy (non-hydrogen) atoms. The standard InChI is InChI=1S/C34H42F2N4O5/c1-21-3-2-11-38-32(21)40(25-18-34(35,36)19-25)33(44)27-7-6-26(41)16-29(27)39-13-9-22(10-14-39)20-45-30-15-24(8-12-37-30)28(17-31(42)43)23-4-5-23/h2,6-8,11,15-16,21-23,25,28,37,41H,3-5,9-10,12-14,17-20H2,1H3,(H,42,43). The van der Waals surface area contributed by atoms with Gasteiger partial charge in [0, 0.05) is 62.8 Å². The van der Waals surface area contributed by atoms with Gasteiger partial charge >= 0.3 is 5.97 Å². The molecule has 3 fully saturated rings. The van der Waals surface area contributed by atoms with Crippen LogP contribution in [0.25, 0.3) is 0 Å². The number of carbonyl (C=O) groups excluding carboxylic acids is 1. The van der Waals surface area contributed by atoms with Crippen molar-refractivity contribution in [3.05, 3.63) is 59.6 Å². The number of hydrogen-bond acceptors (Lipinski definition) is 7. The Hall–Kier alpha value is -3.89. The number of amidine groups is 1. The van der Waals surface area contributed by atoms with Crippen molar-refractivity contribution in [2.75, 3.05) is 31.1 Å². The Morgan fingerprint density at radius 1 is 1.20 bits per heavy atom. The first-order valence-corrected chi connectivity index (χ1v) is 16.1. The van der Waals surface area contributed by atoms with Crippen LogP contribution in [0.15, 0.2) is 59.1 Å². The number of carboxylic acids is 1. The minimum absolute atomic E-state index is 0.0206. The number of nitrogens with zero attached hydrogens (tertiary/aromatic N) is 3. The molecule has 0 radical (unpaired) electrons. The van der Waals surface area contributed by atoms with Crippen molar-refractivity contribution in [1.29, 1.82) is 0 Å². The van der Waals surface area contributed by atoms with E-state index in [-0.39, 0.29) is 35.8 Å². The third-order valence-corrected chi connectivity index (χ3v) is 9.71. The molecule has 9 nitrogen and oxygen atoms in total. The van der Waals surface area contributed by atoms with E-state index in [0.29, 0.717) is 61.5 Å². The second-order valence-electron chi connectivity index (χ2n) is 13.2. The van der Waals surface area contributed by atoms with Crippen LogP contribution < -0.4 is 10.2 Å². The van der Waals surface area contributed by atoms with E-state index in [4.69, 9.17) is 4.74 Å². The lowest BCUT2D eigenvalue weighted by molar-refractivity contribution is -0.138. The Morgan fingerprint density at radius 2 is 1.96 bits per heavy atom. The maximum Gasteiger partial charge on any atom is 0.303 e. The number of ether oxygens (including phenoxy) is 1. The van der Waals surface area contributed by atoms with E-state index < -0.39 is 30.8 Å². The summed E-state index contributed by atoms with van der Waals surface area (Å²) in [6.45, 7) is 4.33. The number of piperidine rings is 1. The molecule has 242 valence electrons. The summed E-state index contributed by atoms with van der Waals surface area (Å²) in [4.78, 5) is 33.6. The number of phenolic OH excluding ortho intramolecular Hbond substituents is 1. The lowest BCUT2D eigenvalue weighted by Crippen LogP contribution is -2.56. The van der Waals surface area contributed by atoms with Crippen molar-refractivity contribution < 1.29 is 33.3 Å². The molecule has 1 aromatic rings. The van der Waals surface area contributed by atoms with Crippen molar-refractivity contribution in [1.82, 2.24) is 10.2 Å². The van der Waals surface area contributed by atoms with Crippen LogP contribution in [-0.2, 0) is 9.53 Å². The molecule has 3 aliphatic heterocycles. The number of phenols is 1. The maximum absolute atomic E-state index is 14.1. The van der Waals surface area contributed by atoms with Crippen LogP contribution in [0.4, 0.5) is 14.5 Å². The largest absolute Gasteiger partial charge is 0.508 e. The summed E-state index contributed by atoms with van der Waals surface area (Å²) in [6, 6.07) is 4.00. The van der Waals surface area contributed by atoms with Crippen LogP contribution in [0, 0.1) is 23.7 Å². The Bertz CT molecular complexity index is 1420. The van der Waals surface area contributed by atoms with Gasteiger partial charge in [0.05, 0.1) is 24.3 Å². The molecule has 2 aliphatic carbocycles. The number of amides is 1. The third-order valence-electron chi connectivity index (χ3n) is 9.71. The van der Waals surface area contributed by atoms with Crippen LogP contribution >= 0.6 is 0 Å². The fraction of sp³-hybridized carbons (Fsp3) is 0.559. The molecule has 1 amide bonds. The summed E-state index contributed by atoms with van der Waals surface area (Å²) < 4.78 is 34.1. The van der Waals surface area contributed by atoms with E-state index in [2.05, 4.69) is 21.3 Å². The summed E-state index contributed by atoms with van der Waals surface area (Å²) in [5.74, 6) is -2.10. The lowest BCUT2D eigenvalue weighted by Gasteiger charge is -2.44. The summed E-state index contributed by atoms with van der Waals surface area (Å²) in [5, 5.41) is 23.0. The zero-order valence-corrected chi connectivity index (χ0v) is 25.6. The van der Waals surface area contributed by atoms with Crippen molar-refractivity contribution >= 4 is 23.4 Å². The van der Waals surface area contributed by atoms with Crippen LogP contribution in [0.5, 0.6) is 5.75 Å². The first-order valence-electron chi connectivity index (χ1n) is 16.1. The Kier molecular flexibility index (Phi) is 8.88. The van der Waals surface area contributed by atoms with Gasteiger partial charge in [-0.25, -0.2) is 13.8 Å². The van der Waals surface area contributed by atoms with Gasteiger partial charge in [0.15, 0.2) is 5.88 Å². The summed E-state index contributed by atoms with van der Waals surface area (Å²) in [5.41, 5.74) is 1.99. The van der Waals surface area contributed by atoms with Gasteiger partial charge < -0.3 is 25.2 Å². The fourth-order valence-corrected chi connectivity index (χ4v) is 6.96. The predicted octanol–water partition coefficient (Wildman–Crippen LogP) is 5.69. The third kappa shape index (κ3) is 7.17. The molecular formula is C34H42F2N4O5. The van der Waals surface area contributed by atoms with Gasteiger partial charge in [-0.2, -0.15) is 0 Å². The number of anilines is 1. The van der Waals surface area contributed by atoms with Gasteiger partial charge in [0.1, 0.15) is 11.6 Å². The molecule has 1 saturated heterocycles. The number of hydrogen-bond donors (Lipinski definition) is 3. The number of rotatable bonds is 10. The van der Waals surface area contributed by atoms with Gasteiger partial charge in [-0.3, -0.25) is 14.5 Å². The number of carboxylic acid groups (broad SMARTS) is 1. The molecule has 0 aromatic heterocycles. The molecule has 0 spiro atoms. The zero-order chi connectivity index (χ0) is 31.7. The smallest absolute Gasteiger partial charge is 0.303 e. The second kappa shape index (κ2) is 12.8. The van der Waals surface area contributed by atoms with Gasteiger partial charge in [-0.1, -0.05) is 19.1 Å². The van der Waals surface area contributed by atoms with E-state index in [1.165, 1.54) is 11.0 Å². The molecule has 0 bridgehead atoms. The quantitative estimate of drug-likeness (QED) is 0.307. The molecule has 1 aromatic carbocycles. The molecule has 3 heterocycles.